The molecule has 0 atom stereocenters. The molecule has 9 aliphatic heterocycles. The Labute approximate surface area is 551 Å². The minimum Gasteiger partial charge on any atom is -0.310 e. The molecule has 0 saturated carbocycles. The van der Waals surface area contributed by atoms with Gasteiger partial charge in [-0.05, 0) is 169 Å². The lowest BCUT2D eigenvalue weighted by Crippen LogP contribution is -2.50. The number of aromatic nitrogens is 3. The summed E-state index contributed by atoms with van der Waals surface area (Å²) in [6, 6.07) is 104. The van der Waals surface area contributed by atoms with Crippen molar-refractivity contribution in [3.63, 3.8) is 0 Å². The molecule has 4 aromatic heterocycles. The molecular weight excluding hydrogens is 1160 g/mol. The third-order valence-electron chi connectivity index (χ3n) is 24.4. The maximum absolute atomic E-state index is 2.63. The van der Waals surface area contributed by atoms with Gasteiger partial charge in [0, 0.05) is 65.5 Å². The predicted molar refractivity (Wildman–Crippen MR) is 406 cm³/mol. The third kappa shape index (κ3) is 5.34. The summed E-state index contributed by atoms with van der Waals surface area (Å²) >= 11 is 0. The Morgan fingerprint density at radius 1 is 0.188 bits per heavy atom. The molecule has 13 heterocycles. The van der Waals surface area contributed by atoms with Crippen LogP contribution in [-0.4, -0.2) is 33.7 Å². The zero-order valence-corrected chi connectivity index (χ0v) is 51.6. The summed E-state index contributed by atoms with van der Waals surface area (Å²) in [5.74, 6) is 0. The molecule has 3 nitrogen and oxygen atoms in total. The standard InChI is InChI=1S/C30H14BN.2C30H16BN/c1-2-6-15(7-3-1)22-14-23-17-9-4-8-16-18-12-13-20-19-10-5-11-21-24(22)30-27(23)31(25(16)17)26(18)29(20)32(30)28(19)21;1-2-6-17(7-3-1)18-12-15-25-24(16-18)23-14-13-22-20-9-4-8-19-21-10-5-11-26-28(21)31(27(19)20)29(22)30(23)32(25)26;1-2-6-17(7-3-1)18-12-13-19-24-15-14-23-21-9-4-8-20-22-10-5-11-25-28(22)31(27(20)21)29(23)30(24)32(25)26(19)16-18/h1-14H;2*1-16H. The van der Waals surface area contributed by atoms with Crippen molar-refractivity contribution in [1.29, 1.82) is 0 Å². The molecule has 0 saturated heterocycles. The van der Waals surface area contributed by atoms with Gasteiger partial charge in [-0.15, -0.1) is 0 Å². The van der Waals surface area contributed by atoms with Crippen molar-refractivity contribution in [1.82, 2.24) is 13.5 Å². The highest BCUT2D eigenvalue weighted by molar-refractivity contribution is 7.06. The van der Waals surface area contributed by atoms with Gasteiger partial charge >= 0.3 is 0 Å². The van der Waals surface area contributed by atoms with E-state index in [1.807, 2.05) is 0 Å². The Hall–Kier alpha value is -12.1. The molecule has 15 aromatic carbocycles. The summed E-state index contributed by atoms with van der Waals surface area (Å²) < 4.78 is 7.73. The van der Waals surface area contributed by atoms with Gasteiger partial charge in [-0.1, -0.05) is 259 Å². The molecule has 0 radical (unpaired) electrons. The lowest BCUT2D eigenvalue weighted by atomic mass is 9.39. The third-order valence-corrected chi connectivity index (χ3v) is 24.4. The van der Waals surface area contributed by atoms with Gasteiger partial charge in [0.05, 0.1) is 27.6 Å². The van der Waals surface area contributed by atoms with Crippen LogP contribution < -0.4 is 49.2 Å². The number of hydrogen-bond acceptors (Lipinski definition) is 0. The van der Waals surface area contributed by atoms with E-state index in [-0.39, 0.29) is 0 Å². The molecule has 0 spiro atoms. The van der Waals surface area contributed by atoms with E-state index < -0.39 is 0 Å². The molecule has 19 aromatic rings. The molecule has 0 unspecified atom stereocenters. The van der Waals surface area contributed by atoms with Crippen molar-refractivity contribution >= 4 is 151 Å². The second kappa shape index (κ2) is 16.4. The topological polar surface area (TPSA) is 14.3 Å². The number of nitrogens with zero attached hydrogens (tertiary/aromatic N) is 3. The second-order valence-electron chi connectivity index (χ2n) is 28.2. The molecule has 28 rings (SSSR count). The normalized spacial score (nSPS) is 13.8. The van der Waals surface area contributed by atoms with E-state index >= 15 is 0 Å². The van der Waals surface area contributed by atoms with Gasteiger partial charge in [-0.25, -0.2) is 0 Å². The minimum absolute atomic E-state index is 0.386. The number of benzene rings is 15. The maximum Gasteiger partial charge on any atom is 0.249 e. The highest BCUT2D eigenvalue weighted by atomic mass is 15.0. The highest BCUT2D eigenvalue weighted by Gasteiger charge is 2.51. The Morgan fingerprint density at radius 3 is 1.16 bits per heavy atom. The molecule has 0 fully saturated rings. The summed E-state index contributed by atoms with van der Waals surface area (Å²) in [7, 11) is 0. The van der Waals surface area contributed by atoms with Gasteiger partial charge in [0.2, 0.25) is 20.1 Å². The summed E-state index contributed by atoms with van der Waals surface area (Å²) in [5.41, 5.74) is 51.0. The lowest BCUT2D eigenvalue weighted by molar-refractivity contribution is 1.19. The van der Waals surface area contributed by atoms with Crippen molar-refractivity contribution in [3.8, 4) is 112 Å². The number of rotatable bonds is 3. The van der Waals surface area contributed by atoms with Gasteiger partial charge in [-0.3, -0.25) is 0 Å². The zero-order chi connectivity index (χ0) is 61.4. The van der Waals surface area contributed by atoms with Crippen LogP contribution in [0.2, 0.25) is 0 Å². The van der Waals surface area contributed by atoms with E-state index in [1.54, 1.807) is 5.46 Å². The Balaban J connectivity index is 0.0000000847. The predicted octanol–water partition coefficient (Wildman–Crippen LogP) is 15.8. The van der Waals surface area contributed by atoms with Crippen molar-refractivity contribution in [2.75, 3.05) is 0 Å². The van der Waals surface area contributed by atoms with Crippen molar-refractivity contribution in [3.05, 3.63) is 279 Å². The zero-order valence-electron chi connectivity index (χ0n) is 51.6. The average molecular weight is 1200 g/mol. The lowest BCUT2D eigenvalue weighted by Gasteiger charge is -2.23. The first-order valence-electron chi connectivity index (χ1n) is 34.1. The largest absolute Gasteiger partial charge is 0.310 e. The van der Waals surface area contributed by atoms with Crippen LogP contribution in [0.1, 0.15) is 0 Å². The van der Waals surface area contributed by atoms with E-state index in [4.69, 9.17) is 0 Å². The Kier molecular flexibility index (Phi) is 8.33. The van der Waals surface area contributed by atoms with E-state index in [2.05, 4.69) is 293 Å². The van der Waals surface area contributed by atoms with E-state index in [0.717, 1.165) is 0 Å². The van der Waals surface area contributed by atoms with Crippen LogP contribution in [0, 0.1) is 0 Å². The van der Waals surface area contributed by atoms with Crippen LogP contribution in [0.15, 0.2) is 279 Å². The number of hydrogen-bond donors (Lipinski definition) is 0. The van der Waals surface area contributed by atoms with Gasteiger partial charge < -0.3 is 13.5 Å². The van der Waals surface area contributed by atoms with Gasteiger partial charge in [0.25, 0.3) is 0 Å². The first-order chi connectivity index (χ1) is 47.7. The molecule has 96 heavy (non-hydrogen) atoms. The molecule has 0 N–H and O–H groups in total. The van der Waals surface area contributed by atoms with Crippen LogP contribution >= 0.6 is 0 Å². The smallest absolute Gasteiger partial charge is 0.249 e. The average Bonchev–Trinajstić information content (AvgIpc) is 1.49. The van der Waals surface area contributed by atoms with Crippen LogP contribution in [-0.2, 0) is 0 Å². The van der Waals surface area contributed by atoms with E-state index in [9.17, 15) is 0 Å². The van der Waals surface area contributed by atoms with Gasteiger partial charge in [0.15, 0.2) is 0 Å². The fraction of sp³-hybridized carbons (Fsp3) is 0. The fourth-order valence-corrected chi connectivity index (χ4v) is 21.0. The maximum atomic E-state index is 2.63. The molecule has 0 bridgehead atoms. The molecular formula is C90H46B3N3. The van der Waals surface area contributed by atoms with Gasteiger partial charge in [0.1, 0.15) is 0 Å². The Morgan fingerprint density at radius 2 is 0.583 bits per heavy atom. The molecule has 9 aliphatic rings. The van der Waals surface area contributed by atoms with Gasteiger partial charge in [-0.2, -0.15) is 0 Å². The SMILES string of the molecule is c1ccc(-c2cc3c4c5c2c2cccc6c7ccc8c(c7n5c62)B4c2c-8cccc2-3)cc1.c1ccc(-c2ccc3c(c2)c2ccc4c5c2n3-c2cccc3c2B5c2c-3cccc2-4)cc1.c1ccc(-c2ccc3c4ccc5c6c4n(c3c2)-c2cccc3c2B6c2c-3cccc2-5)cc1. The first-order valence-corrected chi connectivity index (χ1v) is 34.1. The molecule has 430 valence electrons. The first kappa shape index (κ1) is 48.6. The second-order valence-corrected chi connectivity index (χ2v) is 28.2. The fourth-order valence-electron chi connectivity index (χ4n) is 21.0. The monoisotopic (exact) mass is 1200 g/mol. The Bertz CT molecular complexity index is 6970. The van der Waals surface area contributed by atoms with Crippen molar-refractivity contribution in [2.45, 2.75) is 0 Å². The molecule has 0 amide bonds. The summed E-state index contributed by atoms with van der Waals surface area (Å²) in [5, 5.41) is 11.0. The van der Waals surface area contributed by atoms with Crippen molar-refractivity contribution < 1.29 is 0 Å². The van der Waals surface area contributed by atoms with Crippen molar-refractivity contribution in [2.24, 2.45) is 0 Å². The number of para-hydroxylation sites is 1. The molecule has 0 aliphatic carbocycles. The quantitative estimate of drug-likeness (QED) is 0.157. The van der Waals surface area contributed by atoms with E-state index in [1.165, 1.54) is 237 Å². The number of fused-ring (bicyclic) bond motifs is 16. The van der Waals surface area contributed by atoms with E-state index in [0.29, 0.717) is 20.1 Å². The summed E-state index contributed by atoms with van der Waals surface area (Å²) in [6.45, 7) is 1.16. The van der Waals surface area contributed by atoms with Crippen LogP contribution in [0.4, 0.5) is 0 Å². The van der Waals surface area contributed by atoms with Crippen LogP contribution in [0.5, 0.6) is 0 Å². The highest BCUT2D eigenvalue weighted by Crippen LogP contribution is 2.51. The summed E-state index contributed by atoms with van der Waals surface area (Å²) in [6.07, 6.45) is 0. The van der Waals surface area contributed by atoms with Crippen LogP contribution in [0.3, 0.4) is 0 Å². The minimum atomic E-state index is 0.386. The summed E-state index contributed by atoms with van der Waals surface area (Å²) in [4.78, 5) is 0. The molecule has 6 heteroatoms. The van der Waals surface area contributed by atoms with Crippen LogP contribution in [0.25, 0.3) is 193 Å².